The summed E-state index contributed by atoms with van der Waals surface area (Å²) in [5.74, 6) is 1.08. The summed E-state index contributed by atoms with van der Waals surface area (Å²) in [6.45, 7) is 2.92. The highest BCUT2D eigenvalue weighted by Crippen LogP contribution is 2.28. The second-order valence-electron chi connectivity index (χ2n) is 6.31. The highest BCUT2D eigenvalue weighted by atomic mass is 16.5. The Bertz CT molecular complexity index is 743. The number of benzene rings is 1. The normalized spacial score (nSPS) is 10.4. The predicted molar refractivity (Wildman–Crippen MR) is 106 cm³/mol. The van der Waals surface area contributed by atoms with Crippen molar-refractivity contribution in [3.63, 3.8) is 0 Å². The third-order valence-electron chi connectivity index (χ3n) is 4.13. The molecule has 0 saturated heterocycles. The number of rotatable bonds is 12. The van der Waals surface area contributed by atoms with E-state index in [-0.39, 0.29) is 24.9 Å². The number of hydrogen-bond acceptors (Lipinski definition) is 5. The van der Waals surface area contributed by atoms with Crippen molar-refractivity contribution in [2.75, 3.05) is 20.3 Å². The van der Waals surface area contributed by atoms with Crippen molar-refractivity contribution >= 4 is 11.8 Å². The maximum Gasteiger partial charge on any atom is 0.251 e. The Morgan fingerprint density at radius 2 is 1.93 bits per heavy atom. The smallest absolute Gasteiger partial charge is 0.251 e. The quantitative estimate of drug-likeness (QED) is 0.545. The molecule has 0 aliphatic carbocycles. The second-order valence-corrected chi connectivity index (χ2v) is 6.31. The van der Waals surface area contributed by atoms with Crippen LogP contribution in [0.2, 0.25) is 0 Å². The van der Waals surface area contributed by atoms with E-state index >= 15 is 0 Å². The summed E-state index contributed by atoms with van der Waals surface area (Å²) < 4.78 is 16.2. The Kier molecular flexibility index (Phi) is 8.91. The van der Waals surface area contributed by atoms with Gasteiger partial charge in [-0.3, -0.25) is 9.59 Å². The topological polar surface area (TPSA) is 89.8 Å². The number of methoxy groups -OCH3 is 1. The summed E-state index contributed by atoms with van der Waals surface area (Å²) in [5, 5.41) is 5.26. The average Bonchev–Trinajstić information content (AvgIpc) is 3.24. The summed E-state index contributed by atoms with van der Waals surface area (Å²) in [4.78, 5) is 24.1. The van der Waals surface area contributed by atoms with E-state index in [2.05, 4.69) is 17.6 Å². The Balaban J connectivity index is 1.80. The summed E-state index contributed by atoms with van der Waals surface area (Å²) in [6.07, 6.45) is 6.01. The van der Waals surface area contributed by atoms with Crippen LogP contribution in [-0.4, -0.2) is 32.1 Å². The van der Waals surface area contributed by atoms with Gasteiger partial charge in [0.1, 0.15) is 5.76 Å². The number of unbranched alkanes of at least 4 members (excludes halogenated alkanes) is 3. The van der Waals surface area contributed by atoms with Crippen molar-refractivity contribution in [3.8, 4) is 11.5 Å². The molecule has 0 radical (unpaired) electrons. The number of furan rings is 1. The number of amides is 2. The molecule has 0 aliphatic rings. The first-order valence-electron chi connectivity index (χ1n) is 9.52. The summed E-state index contributed by atoms with van der Waals surface area (Å²) >= 11 is 0. The molecule has 152 valence electrons. The zero-order chi connectivity index (χ0) is 20.2. The fraction of sp³-hybridized carbons (Fsp3) is 0.429. The van der Waals surface area contributed by atoms with Crippen molar-refractivity contribution < 1.29 is 23.5 Å². The molecule has 0 fully saturated rings. The molecular weight excluding hydrogens is 360 g/mol. The van der Waals surface area contributed by atoms with Gasteiger partial charge in [-0.15, -0.1) is 0 Å². The Morgan fingerprint density at radius 3 is 2.64 bits per heavy atom. The van der Waals surface area contributed by atoms with Crippen molar-refractivity contribution in [1.82, 2.24) is 10.6 Å². The summed E-state index contributed by atoms with van der Waals surface area (Å²) in [7, 11) is 1.53. The van der Waals surface area contributed by atoms with E-state index in [1.807, 2.05) is 0 Å². The lowest BCUT2D eigenvalue weighted by molar-refractivity contribution is -0.120. The van der Waals surface area contributed by atoms with Gasteiger partial charge in [0.05, 0.1) is 33.1 Å². The lowest BCUT2D eigenvalue weighted by Crippen LogP contribution is -2.36. The lowest BCUT2D eigenvalue weighted by atomic mass is 10.2. The molecule has 2 aromatic rings. The van der Waals surface area contributed by atoms with E-state index in [1.165, 1.54) is 26.2 Å². The summed E-state index contributed by atoms with van der Waals surface area (Å²) in [6, 6.07) is 8.48. The first-order valence-corrected chi connectivity index (χ1v) is 9.52. The van der Waals surface area contributed by atoms with E-state index in [1.54, 1.807) is 30.3 Å². The number of nitrogens with one attached hydrogen (secondary N) is 2. The van der Waals surface area contributed by atoms with Gasteiger partial charge >= 0.3 is 0 Å². The zero-order valence-corrected chi connectivity index (χ0v) is 16.5. The highest BCUT2D eigenvalue weighted by Gasteiger charge is 2.12. The van der Waals surface area contributed by atoms with E-state index in [0.717, 1.165) is 12.8 Å². The van der Waals surface area contributed by atoms with Crippen LogP contribution in [0.3, 0.4) is 0 Å². The molecule has 0 spiro atoms. The number of carbonyl (C=O) groups excluding carboxylic acids is 2. The van der Waals surface area contributed by atoms with Gasteiger partial charge in [-0.25, -0.2) is 0 Å². The minimum atomic E-state index is -0.360. The van der Waals surface area contributed by atoms with Crippen LogP contribution < -0.4 is 20.1 Å². The van der Waals surface area contributed by atoms with Gasteiger partial charge in [-0.2, -0.15) is 0 Å². The molecule has 0 saturated carbocycles. The Hall–Kier alpha value is -2.96. The van der Waals surface area contributed by atoms with Crippen LogP contribution in [0.5, 0.6) is 11.5 Å². The van der Waals surface area contributed by atoms with Crippen LogP contribution in [0.4, 0.5) is 0 Å². The molecule has 0 unspecified atom stereocenters. The molecule has 28 heavy (non-hydrogen) atoms. The third-order valence-corrected chi connectivity index (χ3v) is 4.13. The van der Waals surface area contributed by atoms with Crippen LogP contribution >= 0.6 is 0 Å². The summed E-state index contributed by atoms with van der Waals surface area (Å²) in [5.41, 5.74) is 0.397. The predicted octanol–water partition coefficient (Wildman–Crippen LogP) is 3.29. The molecule has 2 N–H and O–H groups in total. The standard InChI is InChI=1S/C21H28N2O5/c1-3-4-5-6-11-28-18-10-9-16(13-19(18)26-2)21(25)23-15-20(24)22-14-17-8-7-12-27-17/h7-10,12-13H,3-6,11,14-15H2,1-2H3,(H,22,24)(H,23,25). The second kappa shape index (κ2) is 11.7. The maximum absolute atomic E-state index is 12.3. The van der Waals surface area contributed by atoms with Gasteiger partial charge in [0.2, 0.25) is 5.91 Å². The first-order chi connectivity index (χ1) is 13.6. The van der Waals surface area contributed by atoms with Gasteiger partial charge < -0.3 is 24.5 Å². The van der Waals surface area contributed by atoms with Crippen molar-refractivity contribution in [2.45, 2.75) is 39.2 Å². The SMILES string of the molecule is CCCCCCOc1ccc(C(=O)NCC(=O)NCc2ccco2)cc1OC. The molecule has 0 atom stereocenters. The van der Waals surface area contributed by atoms with E-state index in [4.69, 9.17) is 13.9 Å². The molecule has 1 heterocycles. The van der Waals surface area contributed by atoms with Gasteiger partial charge in [-0.05, 0) is 36.8 Å². The van der Waals surface area contributed by atoms with Crippen molar-refractivity contribution in [1.29, 1.82) is 0 Å². The number of hydrogen-bond donors (Lipinski definition) is 2. The van der Waals surface area contributed by atoms with Crippen LogP contribution in [0.25, 0.3) is 0 Å². The third kappa shape index (κ3) is 6.98. The molecule has 0 aliphatic heterocycles. The Morgan fingerprint density at radius 1 is 1.07 bits per heavy atom. The van der Waals surface area contributed by atoms with Gasteiger partial charge in [-0.1, -0.05) is 26.2 Å². The molecule has 2 amide bonds. The lowest BCUT2D eigenvalue weighted by Gasteiger charge is -2.12. The number of ether oxygens (including phenoxy) is 2. The first kappa shape index (κ1) is 21.3. The molecule has 0 bridgehead atoms. The van der Waals surface area contributed by atoms with Crippen LogP contribution in [-0.2, 0) is 11.3 Å². The fourth-order valence-electron chi connectivity index (χ4n) is 2.56. The molecule has 1 aromatic heterocycles. The van der Waals surface area contributed by atoms with Crippen LogP contribution in [0, 0.1) is 0 Å². The zero-order valence-electron chi connectivity index (χ0n) is 16.5. The Labute approximate surface area is 165 Å². The largest absolute Gasteiger partial charge is 0.493 e. The minimum absolute atomic E-state index is 0.127. The van der Waals surface area contributed by atoms with Crippen molar-refractivity contribution in [3.05, 3.63) is 47.9 Å². The number of carbonyl (C=O) groups is 2. The average molecular weight is 388 g/mol. The van der Waals surface area contributed by atoms with Crippen LogP contribution in [0.15, 0.2) is 41.0 Å². The van der Waals surface area contributed by atoms with E-state index < -0.39 is 0 Å². The van der Waals surface area contributed by atoms with Gasteiger partial charge in [0, 0.05) is 5.56 Å². The van der Waals surface area contributed by atoms with Gasteiger partial charge in [0.25, 0.3) is 5.91 Å². The highest BCUT2D eigenvalue weighted by molar-refractivity contribution is 5.97. The van der Waals surface area contributed by atoms with Gasteiger partial charge in [0.15, 0.2) is 11.5 Å². The van der Waals surface area contributed by atoms with E-state index in [0.29, 0.717) is 29.4 Å². The van der Waals surface area contributed by atoms with Crippen LogP contribution in [0.1, 0.15) is 48.7 Å². The minimum Gasteiger partial charge on any atom is -0.493 e. The maximum atomic E-state index is 12.3. The molecule has 2 rings (SSSR count). The fourth-order valence-corrected chi connectivity index (χ4v) is 2.56. The van der Waals surface area contributed by atoms with E-state index in [9.17, 15) is 9.59 Å². The molecular formula is C21H28N2O5. The monoisotopic (exact) mass is 388 g/mol. The molecule has 7 heteroatoms. The molecule has 1 aromatic carbocycles. The molecule has 7 nitrogen and oxygen atoms in total. The van der Waals surface area contributed by atoms with Crippen molar-refractivity contribution in [2.24, 2.45) is 0 Å².